The molecule has 2 fully saturated rings. The van der Waals surface area contributed by atoms with Crippen LogP contribution in [0, 0.1) is 21.8 Å². The van der Waals surface area contributed by atoms with E-state index in [1.807, 2.05) is 17.9 Å². The van der Waals surface area contributed by atoms with Crippen molar-refractivity contribution in [2.24, 2.45) is 5.92 Å². The average molecular weight is 450 g/mol. The topological polar surface area (TPSA) is 93.0 Å². The van der Waals surface area contributed by atoms with Gasteiger partial charge >= 0.3 is 0 Å². The number of rotatable bonds is 5. The molecular formula is C21H24FN3O5S. The van der Waals surface area contributed by atoms with Crippen molar-refractivity contribution < 1.29 is 22.5 Å². The molecule has 0 bridgehead atoms. The lowest BCUT2D eigenvalue weighted by molar-refractivity contribution is -0.385. The van der Waals surface area contributed by atoms with E-state index in [-0.39, 0.29) is 54.7 Å². The number of sulfonamides is 1. The summed E-state index contributed by atoms with van der Waals surface area (Å²) in [6, 6.07) is 9.99. The number of nitrogens with zero attached hydrogens (tertiary/aromatic N) is 3. The van der Waals surface area contributed by atoms with Crippen LogP contribution in [0.25, 0.3) is 0 Å². The first kappa shape index (κ1) is 21.7. The highest BCUT2D eigenvalue weighted by Gasteiger charge is 2.38. The van der Waals surface area contributed by atoms with Gasteiger partial charge in [0, 0.05) is 31.8 Å². The van der Waals surface area contributed by atoms with Crippen LogP contribution in [0.15, 0.2) is 47.4 Å². The lowest BCUT2D eigenvalue weighted by Crippen LogP contribution is -2.41. The number of benzene rings is 2. The molecule has 0 radical (unpaired) electrons. The number of hydrogen-bond donors (Lipinski definition) is 0. The Hall–Kier alpha value is -2.56. The summed E-state index contributed by atoms with van der Waals surface area (Å²) in [5.41, 5.74) is 0.860. The molecule has 0 N–H and O–H groups in total. The first-order chi connectivity index (χ1) is 14.8. The van der Waals surface area contributed by atoms with Crippen molar-refractivity contribution >= 4 is 21.4 Å². The Morgan fingerprint density at radius 2 is 1.87 bits per heavy atom. The van der Waals surface area contributed by atoms with Crippen LogP contribution in [0.4, 0.5) is 15.8 Å². The van der Waals surface area contributed by atoms with E-state index in [1.54, 1.807) is 6.07 Å². The number of hydrogen-bond acceptors (Lipinski definition) is 6. The van der Waals surface area contributed by atoms with Gasteiger partial charge in [-0.2, -0.15) is 4.31 Å². The van der Waals surface area contributed by atoms with E-state index in [1.165, 1.54) is 28.6 Å². The molecule has 166 valence electrons. The zero-order valence-electron chi connectivity index (χ0n) is 17.1. The average Bonchev–Trinajstić information content (AvgIpc) is 3.15. The number of halogens is 1. The van der Waals surface area contributed by atoms with Gasteiger partial charge in [0.1, 0.15) is 10.7 Å². The van der Waals surface area contributed by atoms with Crippen molar-refractivity contribution in [2.75, 3.05) is 37.7 Å². The SMILES string of the molecule is CC1CCN(c2ccc([N+](=O)[O-])cc2S(=O)(=O)N2CCOCC2)C1c1cccc(F)c1. The van der Waals surface area contributed by atoms with Gasteiger partial charge in [0.2, 0.25) is 10.0 Å². The summed E-state index contributed by atoms with van der Waals surface area (Å²) < 4.78 is 47.4. The summed E-state index contributed by atoms with van der Waals surface area (Å²) in [6.07, 6.45) is 0.787. The maximum absolute atomic E-state index is 13.9. The van der Waals surface area contributed by atoms with Gasteiger partial charge in [-0.1, -0.05) is 19.1 Å². The molecule has 2 aliphatic rings. The maximum Gasteiger partial charge on any atom is 0.270 e. The quantitative estimate of drug-likeness (QED) is 0.513. The Balaban J connectivity index is 1.83. The molecule has 2 unspecified atom stereocenters. The van der Waals surface area contributed by atoms with Crippen LogP contribution in [0.2, 0.25) is 0 Å². The molecule has 2 aromatic rings. The van der Waals surface area contributed by atoms with Gasteiger partial charge in [-0.15, -0.1) is 0 Å². The normalized spacial score (nSPS) is 22.6. The van der Waals surface area contributed by atoms with Crippen LogP contribution in [0.1, 0.15) is 24.9 Å². The number of non-ortho nitro benzene ring substituents is 1. The maximum atomic E-state index is 13.9. The molecule has 2 heterocycles. The minimum absolute atomic E-state index is 0.0981. The Labute approximate surface area is 180 Å². The molecule has 4 rings (SSSR count). The first-order valence-corrected chi connectivity index (χ1v) is 11.6. The second kappa shape index (κ2) is 8.52. The number of morpholine rings is 1. The molecule has 0 spiro atoms. The molecule has 31 heavy (non-hydrogen) atoms. The predicted octanol–water partition coefficient (Wildman–Crippen LogP) is 3.34. The van der Waals surface area contributed by atoms with Crippen molar-refractivity contribution in [3.8, 4) is 0 Å². The van der Waals surface area contributed by atoms with E-state index >= 15 is 0 Å². The molecular weight excluding hydrogens is 425 g/mol. The van der Waals surface area contributed by atoms with Crippen molar-refractivity contribution in [2.45, 2.75) is 24.3 Å². The molecule has 0 aromatic heterocycles. The van der Waals surface area contributed by atoms with Gasteiger partial charge in [-0.3, -0.25) is 10.1 Å². The molecule has 2 aliphatic heterocycles. The minimum atomic E-state index is -3.98. The molecule has 10 heteroatoms. The zero-order valence-corrected chi connectivity index (χ0v) is 17.9. The number of ether oxygens (including phenoxy) is 1. The Bertz CT molecular complexity index is 1090. The van der Waals surface area contributed by atoms with Gasteiger partial charge in [0.15, 0.2) is 0 Å². The van der Waals surface area contributed by atoms with E-state index in [0.717, 1.165) is 18.1 Å². The van der Waals surface area contributed by atoms with Gasteiger partial charge < -0.3 is 9.64 Å². The van der Waals surface area contributed by atoms with Crippen molar-refractivity contribution in [3.05, 3.63) is 64.0 Å². The summed E-state index contributed by atoms with van der Waals surface area (Å²) in [6.45, 7) is 3.53. The summed E-state index contributed by atoms with van der Waals surface area (Å²) in [5.74, 6) is -0.211. The van der Waals surface area contributed by atoms with Crippen LogP contribution in [-0.2, 0) is 14.8 Å². The van der Waals surface area contributed by atoms with Crippen molar-refractivity contribution in [1.29, 1.82) is 0 Å². The van der Waals surface area contributed by atoms with Crippen LogP contribution in [0.5, 0.6) is 0 Å². The van der Waals surface area contributed by atoms with Gasteiger partial charge in [0.05, 0.1) is 29.9 Å². The van der Waals surface area contributed by atoms with E-state index < -0.39 is 14.9 Å². The lowest BCUT2D eigenvalue weighted by atomic mass is 9.95. The fraction of sp³-hybridized carbons (Fsp3) is 0.429. The van der Waals surface area contributed by atoms with E-state index in [9.17, 15) is 22.9 Å². The Morgan fingerprint density at radius 1 is 1.13 bits per heavy atom. The van der Waals surface area contributed by atoms with Crippen molar-refractivity contribution in [3.63, 3.8) is 0 Å². The van der Waals surface area contributed by atoms with Crippen LogP contribution >= 0.6 is 0 Å². The lowest BCUT2D eigenvalue weighted by Gasteiger charge is -2.33. The van der Waals surface area contributed by atoms with Gasteiger partial charge in [-0.25, -0.2) is 12.8 Å². The summed E-state index contributed by atoms with van der Waals surface area (Å²) in [5, 5.41) is 11.4. The largest absolute Gasteiger partial charge is 0.379 e. The Kier molecular flexibility index (Phi) is 5.96. The predicted molar refractivity (Wildman–Crippen MR) is 113 cm³/mol. The number of anilines is 1. The minimum Gasteiger partial charge on any atom is -0.379 e. The van der Waals surface area contributed by atoms with Gasteiger partial charge in [0.25, 0.3) is 5.69 Å². The van der Waals surface area contributed by atoms with Crippen LogP contribution < -0.4 is 4.90 Å². The van der Waals surface area contributed by atoms with Crippen molar-refractivity contribution in [1.82, 2.24) is 4.31 Å². The molecule has 0 amide bonds. The Morgan fingerprint density at radius 3 is 2.55 bits per heavy atom. The third kappa shape index (κ3) is 4.15. The molecule has 8 nitrogen and oxygen atoms in total. The monoisotopic (exact) mass is 449 g/mol. The number of nitro benzene ring substituents is 1. The highest BCUT2D eigenvalue weighted by Crippen LogP contribution is 2.43. The van der Waals surface area contributed by atoms with E-state index in [2.05, 4.69) is 0 Å². The second-order valence-electron chi connectivity index (χ2n) is 7.88. The van der Waals surface area contributed by atoms with Crippen LogP contribution in [-0.4, -0.2) is 50.5 Å². The fourth-order valence-corrected chi connectivity index (χ4v) is 6.03. The second-order valence-corrected chi connectivity index (χ2v) is 9.79. The third-order valence-electron chi connectivity index (χ3n) is 5.94. The molecule has 0 aliphatic carbocycles. The molecule has 0 saturated carbocycles. The summed E-state index contributed by atoms with van der Waals surface area (Å²) in [4.78, 5) is 12.6. The first-order valence-electron chi connectivity index (χ1n) is 10.2. The van der Waals surface area contributed by atoms with Crippen LogP contribution in [0.3, 0.4) is 0 Å². The zero-order chi connectivity index (χ0) is 22.2. The smallest absolute Gasteiger partial charge is 0.270 e. The number of nitro groups is 1. The molecule has 2 aromatic carbocycles. The fourth-order valence-electron chi connectivity index (χ4n) is 4.40. The third-order valence-corrected chi connectivity index (χ3v) is 7.87. The highest BCUT2D eigenvalue weighted by atomic mass is 32.2. The summed E-state index contributed by atoms with van der Waals surface area (Å²) in [7, 11) is -3.98. The molecule has 2 saturated heterocycles. The summed E-state index contributed by atoms with van der Waals surface area (Å²) >= 11 is 0. The van der Waals surface area contributed by atoms with Gasteiger partial charge in [-0.05, 0) is 36.1 Å². The van der Waals surface area contributed by atoms with E-state index in [0.29, 0.717) is 12.2 Å². The standard InChI is InChI=1S/C21H24FN3O5S/c1-15-7-8-24(21(15)16-3-2-4-17(22)13-16)19-6-5-18(25(26)27)14-20(19)31(28,29)23-9-11-30-12-10-23/h2-6,13-15,21H,7-12H2,1H3. The van der Waals surface area contributed by atoms with E-state index in [4.69, 9.17) is 4.74 Å². The molecule has 2 atom stereocenters. The highest BCUT2D eigenvalue weighted by molar-refractivity contribution is 7.89.